The first-order valence-corrected chi connectivity index (χ1v) is 12.7. The fourth-order valence-electron chi connectivity index (χ4n) is 2.79. The Morgan fingerprint density at radius 1 is 0.923 bits per heavy atom. The van der Waals surface area contributed by atoms with Crippen molar-refractivity contribution in [2.75, 3.05) is 4.72 Å². The van der Waals surface area contributed by atoms with Crippen LogP contribution in [0.15, 0.2) is 24.3 Å². The minimum atomic E-state index is -4.01. The lowest BCUT2D eigenvalue weighted by molar-refractivity contribution is 0.557. The Kier molecular flexibility index (Phi) is 9.04. The van der Waals surface area contributed by atoms with Gasteiger partial charge in [0.25, 0.3) is 0 Å². The quantitative estimate of drug-likeness (QED) is 0.495. The van der Waals surface area contributed by atoms with E-state index in [1.807, 2.05) is 20.8 Å². The van der Waals surface area contributed by atoms with Gasteiger partial charge in [-0.05, 0) is 77.3 Å². The van der Waals surface area contributed by atoms with Gasteiger partial charge in [0.15, 0.2) is 11.5 Å². The minimum Gasteiger partial charge on any atom is -0.278 e. The summed E-state index contributed by atoms with van der Waals surface area (Å²) < 4.78 is 28.5. The van der Waals surface area contributed by atoms with Gasteiger partial charge >= 0.3 is 10.0 Å². The maximum absolute atomic E-state index is 12.3. The van der Waals surface area contributed by atoms with Crippen LogP contribution in [0.4, 0.5) is 5.69 Å². The Morgan fingerprint density at radius 3 is 2.03 bits per heavy atom. The third kappa shape index (κ3) is 8.22. The molecule has 0 saturated carbocycles. The Labute approximate surface area is 232 Å². The zero-order valence-electron chi connectivity index (χ0n) is 20.8. The average molecular weight is 546 g/mol. The number of hydrogen-bond donors (Lipinski definition) is 2. The molecule has 0 aliphatic rings. The van der Waals surface area contributed by atoms with Gasteiger partial charge in [-0.15, -0.1) is 11.5 Å². The third-order valence-electron chi connectivity index (χ3n) is 4.37. The number of hydrogen-bond acceptors (Lipinski definition) is 4. The van der Waals surface area contributed by atoms with E-state index in [4.69, 9.17) is 18.0 Å². The number of sulfonamides is 1. The summed E-state index contributed by atoms with van der Waals surface area (Å²) in [6, 6.07) is 6.57. The van der Waals surface area contributed by atoms with E-state index in [0.717, 1.165) is 5.69 Å². The molecule has 9 heteroatoms. The molecule has 2 heterocycles. The summed E-state index contributed by atoms with van der Waals surface area (Å²) >= 11 is 6.49. The highest BCUT2D eigenvalue weighted by molar-refractivity contribution is 7.97. The van der Waals surface area contributed by atoms with E-state index < -0.39 is 10.0 Å². The molecule has 3 rings (SSSR count). The molecule has 0 bridgehead atoms. The highest BCUT2D eigenvalue weighted by Crippen LogP contribution is 2.32. The summed E-state index contributed by atoms with van der Waals surface area (Å²) in [5, 5.41) is 10.1. The van der Waals surface area contributed by atoms with Gasteiger partial charge in [-0.2, -0.15) is 13.0 Å². The van der Waals surface area contributed by atoms with E-state index >= 15 is 0 Å². The lowest BCUT2D eigenvalue weighted by Gasteiger charge is -2.16. The van der Waals surface area contributed by atoms with Gasteiger partial charge in [-0.3, -0.25) is 9.82 Å². The molecule has 2 aromatic heterocycles. The Balaban J connectivity index is 1.66. The highest BCUT2D eigenvalue weighted by atomic mass is 35.5. The van der Waals surface area contributed by atoms with Crippen LogP contribution < -0.4 is 4.72 Å². The van der Waals surface area contributed by atoms with Crippen molar-refractivity contribution < 1.29 is 8.42 Å². The SMILES string of the molecule is C#CC#CC#CC#CC#CC#CC#CC#CS(=O)(=O)Nc1cccc(-c2nc3c(Cl)c(C(C)(C)C)[nH]n3n2)c1. The molecule has 0 unspecified atom stereocenters. The molecule has 7 nitrogen and oxygen atoms in total. The molecule has 0 aliphatic carbocycles. The molecule has 0 saturated heterocycles. The lowest BCUT2D eigenvalue weighted by atomic mass is 9.92. The molecule has 0 fully saturated rings. The molecule has 1 aromatic carbocycles. The van der Waals surface area contributed by atoms with Crippen LogP contribution in [0.1, 0.15) is 26.5 Å². The molecule has 0 amide bonds. The maximum atomic E-state index is 12.3. The normalized spacial score (nSPS) is 9.31. The van der Waals surface area contributed by atoms with Crippen LogP contribution >= 0.6 is 11.6 Å². The zero-order valence-corrected chi connectivity index (χ0v) is 22.4. The molecule has 0 spiro atoms. The van der Waals surface area contributed by atoms with Gasteiger partial charge < -0.3 is 0 Å². The van der Waals surface area contributed by atoms with Crippen molar-refractivity contribution in [3.05, 3.63) is 35.0 Å². The summed E-state index contributed by atoms with van der Waals surface area (Å²) in [4.78, 5) is 4.49. The van der Waals surface area contributed by atoms with Gasteiger partial charge in [-0.25, -0.2) is 4.98 Å². The molecular weight excluding hydrogens is 530 g/mol. The van der Waals surface area contributed by atoms with Crippen molar-refractivity contribution in [3.8, 4) is 106 Å². The zero-order chi connectivity index (χ0) is 28.3. The predicted octanol–water partition coefficient (Wildman–Crippen LogP) is 3.03. The van der Waals surface area contributed by atoms with Gasteiger partial charge in [0.05, 0.1) is 16.6 Å². The number of benzene rings is 1. The number of anilines is 1. The molecule has 0 atom stereocenters. The van der Waals surface area contributed by atoms with Gasteiger partial charge in [-0.1, -0.05) is 44.5 Å². The molecule has 186 valence electrons. The van der Waals surface area contributed by atoms with Crippen LogP contribution in [0.25, 0.3) is 17.0 Å². The lowest BCUT2D eigenvalue weighted by Crippen LogP contribution is -2.13. The smallest absolute Gasteiger partial charge is 0.278 e. The van der Waals surface area contributed by atoms with Crippen molar-refractivity contribution in [1.82, 2.24) is 19.8 Å². The Bertz CT molecular complexity index is 2060. The second-order valence-electron chi connectivity index (χ2n) is 8.28. The number of aromatic nitrogens is 4. The number of nitrogens with zero attached hydrogens (tertiary/aromatic N) is 3. The van der Waals surface area contributed by atoms with Crippen LogP contribution in [-0.4, -0.2) is 28.2 Å². The van der Waals surface area contributed by atoms with Gasteiger partial charge in [0.1, 0.15) is 5.02 Å². The van der Waals surface area contributed by atoms with Crippen molar-refractivity contribution >= 4 is 33.0 Å². The largest absolute Gasteiger partial charge is 0.302 e. The molecule has 39 heavy (non-hydrogen) atoms. The topological polar surface area (TPSA) is 92.1 Å². The molecule has 0 aliphatic heterocycles. The van der Waals surface area contributed by atoms with Crippen molar-refractivity contribution in [2.24, 2.45) is 0 Å². The second kappa shape index (κ2) is 12.6. The Morgan fingerprint density at radius 2 is 1.49 bits per heavy atom. The molecular formula is C30H16ClN5O2S. The van der Waals surface area contributed by atoms with Crippen molar-refractivity contribution in [2.45, 2.75) is 26.2 Å². The van der Waals surface area contributed by atoms with Crippen LogP contribution in [0, 0.1) is 94.6 Å². The first-order chi connectivity index (χ1) is 18.6. The van der Waals surface area contributed by atoms with Crippen LogP contribution in [0.2, 0.25) is 5.02 Å². The number of terminal acetylenes is 1. The van der Waals surface area contributed by atoms with Crippen molar-refractivity contribution in [3.63, 3.8) is 0 Å². The number of H-pyrrole nitrogens is 1. The van der Waals surface area contributed by atoms with E-state index in [9.17, 15) is 8.42 Å². The fraction of sp³-hybridized carbons (Fsp3) is 0.133. The molecule has 0 radical (unpaired) electrons. The summed E-state index contributed by atoms with van der Waals surface area (Å²) in [6.07, 6.45) is 4.94. The van der Waals surface area contributed by atoms with E-state index in [1.165, 1.54) is 4.63 Å². The molecule has 3 aromatic rings. The molecule has 2 N–H and O–H groups in total. The highest BCUT2D eigenvalue weighted by Gasteiger charge is 2.24. The minimum absolute atomic E-state index is 0.214. The standard InChI is InChI=1S/C30H16ClN5O2S/c1-5-6-7-8-9-10-11-12-13-14-15-16-17-18-22-39(37,38)35-25-21-19-20-24(23-25)28-32-29-26(31)27(30(2,3)4)33-36(29)34-28/h1,19-21,23,33,35H,2-4H3. The first-order valence-electron chi connectivity index (χ1n) is 10.9. The predicted molar refractivity (Wildman–Crippen MR) is 152 cm³/mol. The summed E-state index contributed by atoms with van der Waals surface area (Å²) in [6.45, 7) is 6.07. The number of rotatable bonds is 3. The van der Waals surface area contributed by atoms with E-state index in [-0.39, 0.29) is 11.1 Å². The average Bonchev–Trinajstić information content (AvgIpc) is 3.43. The Hall–Kier alpha value is -5.58. The van der Waals surface area contributed by atoms with Crippen LogP contribution in [0.3, 0.4) is 0 Å². The van der Waals surface area contributed by atoms with Crippen LogP contribution in [0.5, 0.6) is 0 Å². The van der Waals surface area contributed by atoms with Gasteiger partial charge in [0.2, 0.25) is 0 Å². The maximum Gasteiger partial charge on any atom is 0.302 e. The van der Waals surface area contributed by atoms with Crippen molar-refractivity contribution in [1.29, 1.82) is 0 Å². The summed E-state index contributed by atoms with van der Waals surface area (Å²) in [5.74, 6) is 33.6. The number of fused-ring (bicyclic) bond motifs is 1. The third-order valence-corrected chi connectivity index (χ3v) is 5.60. The summed E-state index contributed by atoms with van der Waals surface area (Å²) in [7, 11) is -4.01. The van der Waals surface area contributed by atoms with E-state index in [1.54, 1.807) is 24.3 Å². The van der Waals surface area contributed by atoms with E-state index in [2.05, 4.69) is 108 Å². The first kappa shape index (κ1) is 28.0. The fourth-order valence-corrected chi connectivity index (χ4v) is 3.91. The van der Waals surface area contributed by atoms with Gasteiger partial charge in [0, 0.05) is 28.7 Å². The van der Waals surface area contributed by atoms with E-state index in [0.29, 0.717) is 22.1 Å². The monoisotopic (exact) mass is 545 g/mol. The number of nitrogens with one attached hydrogen (secondary N) is 2. The van der Waals surface area contributed by atoms with Crippen LogP contribution in [-0.2, 0) is 15.4 Å². The second-order valence-corrected chi connectivity index (χ2v) is 10.1. The summed E-state index contributed by atoms with van der Waals surface area (Å²) in [5.41, 5.74) is 1.93. The number of halogens is 1. The number of aromatic amines is 1.